The van der Waals surface area contributed by atoms with Gasteiger partial charge in [-0.05, 0) is 38.8 Å². The minimum Gasteiger partial charge on any atom is -0.383 e. The van der Waals surface area contributed by atoms with E-state index in [1.165, 1.54) is 0 Å². The van der Waals surface area contributed by atoms with E-state index < -0.39 is 0 Å². The quantitative estimate of drug-likeness (QED) is 0.888. The van der Waals surface area contributed by atoms with Gasteiger partial charge in [0.05, 0.1) is 11.4 Å². The number of hydrogen-bond acceptors (Lipinski definition) is 3. The maximum atomic E-state index is 12.4. The Morgan fingerprint density at radius 2 is 2.15 bits per heavy atom. The number of fused-ring (bicyclic) bond motifs is 1. The number of anilines is 2. The molecule has 0 fully saturated rings. The lowest BCUT2D eigenvalue weighted by molar-refractivity contribution is -0.122. The summed E-state index contributed by atoms with van der Waals surface area (Å²) in [6.07, 6.45) is 1.99. The smallest absolute Gasteiger partial charge is 0.242 e. The molecule has 4 nitrogen and oxygen atoms in total. The molecule has 110 valence electrons. The van der Waals surface area contributed by atoms with Gasteiger partial charge >= 0.3 is 0 Å². The van der Waals surface area contributed by atoms with Crippen LogP contribution in [0.25, 0.3) is 0 Å². The van der Waals surface area contributed by atoms with E-state index in [0.29, 0.717) is 0 Å². The molecule has 1 aliphatic heterocycles. The summed E-state index contributed by atoms with van der Waals surface area (Å²) in [6, 6.07) is 8.29. The van der Waals surface area contributed by atoms with Crippen LogP contribution >= 0.6 is 0 Å². The maximum Gasteiger partial charge on any atom is 0.242 e. The standard InChI is InChI=1S/C16H25N3O/c1-4-12(2)18-16(20)13(3)19-11-7-10-17-14-8-5-6-9-15(14)19/h5-6,8-9,12-13,17H,4,7,10-11H2,1-3H3,(H,18,20). The average molecular weight is 275 g/mol. The Hall–Kier alpha value is -1.71. The molecule has 1 aromatic carbocycles. The second-order valence-corrected chi connectivity index (χ2v) is 5.48. The van der Waals surface area contributed by atoms with Crippen LogP contribution in [0.5, 0.6) is 0 Å². The summed E-state index contributed by atoms with van der Waals surface area (Å²) in [6.45, 7) is 7.97. The van der Waals surface area contributed by atoms with Crippen molar-refractivity contribution >= 4 is 17.3 Å². The van der Waals surface area contributed by atoms with Gasteiger partial charge in [-0.25, -0.2) is 0 Å². The number of hydrogen-bond donors (Lipinski definition) is 2. The molecule has 20 heavy (non-hydrogen) atoms. The molecule has 1 aliphatic rings. The molecule has 4 heteroatoms. The summed E-state index contributed by atoms with van der Waals surface area (Å²) in [5, 5.41) is 6.50. The van der Waals surface area contributed by atoms with Crippen LogP contribution in [0.2, 0.25) is 0 Å². The number of rotatable bonds is 4. The van der Waals surface area contributed by atoms with Crippen molar-refractivity contribution in [3.63, 3.8) is 0 Å². The van der Waals surface area contributed by atoms with Crippen LogP contribution in [0.4, 0.5) is 11.4 Å². The molecule has 0 saturated carbocycles. The van der Waals surface area contributed by atoms with Gasteiger partial charge in [0.25, 0.3) is 0 Å². The van der Waals surface area contributed by atoms with Gasteiger partial charge in [-0.2, -0.15) is 0 Å². The lowest BCUT2D eigenvalue weighted by Crippen LogP contribution is -2.48. The first-order chi connectivity index (χ1) is 9.63. The zero-order valence-corrected chi connectivity index (χ0v) is 12.6. The third-order valence-electron chi connectivity index (χ3n) is 3.95. The minimum atomic E-state index is -0.148. The number of nitrogens with one attached hydrogen (secondary N) is 2. The van der Waals surface area contributed by atoms with Crippen molar-refractivity contribution in [2.24, 2.45) is 0 Å². The zero-order chi connectivity index (χ0) is 14.5. The molecule has 1 amide bonds. The Bertz CT molecular complexity index is 461. The van der Waals surface area contributed by atoms with Crippen molar-refractivity contribution in [2.75, 3.05) is 23.3 Å². The predicted molar refractivity (Wildman–Crippen MR) is 84.3 cm³/mol. The highest BCUT2D eigenvalue weighted by atomic mass is 16.2. The molecule has 0 saturated heterocycles. The number of para-hydroxylation sites is 2. The van der Waals surface area contributed by atoms with E-state index in [1.807, 2.05) is 26.0 Å². The van der Waals surface area contributed by atoms with Crippen LogP contribution in [0, 0.1) is 0 Å². The Balaban J connectivity index is 2.17. The van der Waals surface area contributed by atoms with E-state index in [9.17, 15) is 4.79 Å². The number of carbonyl (C=O) groups excluding carboxylic acids is 1. The molecule has 0 radical (unpaired) electrons. The van der Waals surface area contributed by atoms with Crippen LogP contribution in [0.3, 0.4) is 0 Å². The van der Waals surface area contributed by atoms with Crippen molar-refractivity contribution in [1.82, 2.24) is 5.32 Å². The van der Waals surface area contributed by atoms with E-state index in [4.69, 9.17) is 0 Å². The highest BCUT2D eigenvalue weighted by Crippen LogP contribution is 2.29. The fraction of sp³-hybridized carbons (Fsp3) is 0.562. The summed E-state index contributed by atoms with van der Waals surface area (Å²) in [5.41, 5.74) is 2.24. The first kappa shape index (κ1) is 14.7. The van der Waals surface area contributed by atoms with Gasteiger partial charge in [0, 0.05) is 19.1 Å². The number of benzene rings is 1. The van der Waals surface area contributed by atoms with E-state index in [-0.39, 0.29) is 18.0 Å². The summed E-state index contributed by atoms with van der Waals surface area (Å²) < 4.78 is 0. The first-order valence-electron chi connectivity index (χ1n) is 7.53. The molecule has 1 heterocycles. The second kappa shape index (κ2) is 6.64. The van der Waals surface area contributed by atoms with Crippen LogP contribution in [0.15, 0.2) is 24.3 Å². The van der Waals surface area contributed by atoms with Crippen molar-refractivity contribution in [3.8, 4) is 0 Å². The third-order valence-corrected chi connectivity index (χ3v) is 3.95. The maximum absolute atomic E-state index is 12.4. The lowest BCUT2D eigenvalue weighted by atomic mass is 10.1. The van der Waals surface area contributed by atoms with Gasteiger partial charge in [0.15, 0.2) is 0 Å². The van der Waals surface area contributed by atoms with Gasteiger partial charge in [0.1, 0.15) is 6.04 Å². The molecule has 2 atom stereocenters. The Morgan fingerprint density at radius 1 is 1.40 bits per heavy atom. The second-order valence-electron chi connectivity index (χ2n) is 5.48. The normalized spacial score (nSPS) is 17.4. The van der Waals surface area contributed by atoms with Crippen LogP contribution in [0.1, 0.15) is 33.6 Å². The first-order valence-corrected chi connectivity index (χ1v) is 7.53. The van der Waals surface area contributed by atoms with E-state index >= 15 is 0 Å². The fourth-order valence-corrected chi connectivity index (χ4v) is 2.48. The van der Waals surface area contributed by atoms with E-state index in [0.717, 1.165) is 37.3 Å². The van der Waals surface area contributed by atoms with Crippen molar-refractivity contribution < 1.29 is 4.79 Å². The van der Waals surface area contributed by atoms with Crippen LogP contribution in [-0.4, -0.2) is 31.1 Å². The van der Waals surface area contributed by atoms with Crippen LogP contribution in [-0.2, 0) is 4.79 Å². The topological polar surface area (TPSA) is 44.4 Å². The monoisotopic (exact) mass is 275 g/mol. The van der Waals surface area contributed by atoms with Crippen molar-refractivity contribution in [2.45, 2.75) is 45.7 Å². The largest absolute Gasteiger partial charge is 0.383 e. The molecular formula is C16H25N3O. The average Bonchev–Trinajstić information content (AvgIpc) is 2.68. The molecule has 2 N–H and O–H groups in total. The Kier molecular flexibility index (Phi) is 4.88. The van der Waals surface area contributed by atoms with Gasteiger partial charge in [-0.15, -0.1) is 0 Å². The molecule has 2 unspecified atom stereocenters. The zero-order valence-electron chi connectivity index (χ0n) is 12.6. The van der Waals surface area contributed by atoms with Crippen molar-refractivity contribution in [3.05, 3.63) is 24.3 Å². The minimum absolute atomic E-state index is 0.107. The molecule has 2 rings (SSSR count). The highest BCUT2D eigenvalue weighted by molar-refractivity contribution is 5.87. The number of amides is 1. The summed E-state index contributed by atoms with van der Waals surface area (Å²) >= 11 is 0. The van der Waals surface area contributed by atoms with Gasteiger partial charge in [0.2, 0.25) is 5.91 Å². The van der Waals surface area contributed by atoms with Gasteiger partial charge in [-0.1, -0.05) is 19.1 Å². The van der Waals surface area contributed by atoms with E-state index in [2.05, 4.69) is 34.6 Å². The molecular weight excluding hydrogens is 250 g/mol. The highest BCUT2D eigenvalue weighted by Gasteiger charge is 2.25. The number of nitrogens with zero attached hydrogens (tertiary/aromatic N) is 1. The van der Waals surface area contributed by atoms with Crippen LogP contribution < -0.4 is 15.5 Å². The molecule has 1 aromatic rings. The van der Waals surface area contributed by atoms with Crippen molar-refractivity contribution in [1.29, 1.82) is 0 Å². The SMILES string of the molecule is CCC(C)NC(=O)C(C)N1CCCNc2ccccc21. The Morgan fingerprint density at radius 3 is 2.90 bits per heavy atom. The predicted octanol–water partition coefficient (Wildman–Crippen LogP) is 2.61. The van der Waals surface area contributed by atoms with Gasteiger partial charge in [-0.3, -0.25) is 4.79 Å². The van der Waals surface area contributed by atoms with Gasteiger partial charge < -0.3 is 15.5 Å². The Labute approximate surface area is 121 Å². The lowest BCUT2D eigenvalue weighted by Gasteiger charge is -2.31. The summed E-state index contributed by atoms with van der Waals surface area (Å²) in [5.74, 6) is 0.107. The summed E-state index contributed by atoms with van der Waals surface area (Å²) in [4.78, 5) is 14.6. The molecule has 0 aliphatic carbocycles. The molecule has 0 aromatic heterocycles. The molecule has 0 spiro atoms. The summed E-state index contributed by atoms with van der Waals surface area (Å²) in [7, 11) is 0. The fourth-order valence-electron chi connectivity index (χ4n) is 2.48. The molecule has 0 bridgehead atoms. The number of carbonyl (C=O) groups is 1. The van der Waals surface area contributed by atoms with E-state index in [1.54, 1.807) is 0 Å². The third kappa shape index (κ3) is 3.24.